The highest BCUT2D eigenvalue weighted by atomic mass is 32.2. The van der Waals surface area contributed by atoms with Crippen LogP contribution in [0.4, 0.5) is 0 Å². The average Bonchev–Trinajstić information content (AvgIpc) is 2.19. The molecule has 0 aliphatic carbocycles. The van der Waals surface area contributed by atoms with E-state index >= 15 is 0 Å². The second kappa shape index (κ2) is 5.52. The predicted molar refractivity (Wildman–Crippen MR) is 63.8 cm³/mol. The Kier molecular flexibility index (Phi) is 4.62. The van der Waals surface area contributed by atoms with Gasteiger partial charge in [-0.1, -0.05) is 30.4 Å². The number of benzene rings is 1. The monoisotopic (exact) mass is 230 g/mol. The first-order valence-electron chi connectivity index (χ1n) is 3.74. The third-order valence-corrected chi connectivity index (χ3v) is 4.44. The molecule has 0 saturated carbocycles. The molecule has 70 valence electrons. The minimum Gasteiger partial charge on any atom is -0.254 e. The molecule has 1 nitrogen and oxygen atoms in total. The minimum absolute atomic E-state index is 0.473. The summed E-state index contributed by atoms with van der Waals surface area (Å²) in [5.74, 6) is 0.473. The van der Waals surface area contributed by atoms with Gasteiger partial charge >= 0.3 is 0 Å². The SMILES string of the molecule is CSC(=S)CS(=O)c1ccccc1. The zero-order chi connectivity index (χ0) is 9.68. The zero-order valence-corrected chi connectivity index (χ0v) is 9.68. The molecule has 0 aliphatic rings. The van der Waals surface area contributed by atoms with E-state index < -0.39 is 10.8 Å². The van der Waals surface area contributed by atoms with Crippen molar-refractivity contribution in [3.8, 4) is 0 Å². The van der Waals surface area contributed by atoms with Crippen LogP contribution < -0.4 is 0 Å². The first-order valence-corrected chi connectivity index (χ1v) is 6.69. The van der Waals surface area contributed by atoms with E-state index in [2.05, 4.69) is 0 Å². The molecule has 0 fully saturated rings. The van der Waals surface area contributed by atoms with Crippen molar-refractivity contribution in [2.75, 3.05) is 12.0 Å². The van der Waals surface area contributed by atoms with Crippen molar-refractivity contribution in [1.29, 1.82) is 0 Å². The molecule has 0 aromatic heterocycles. The molecule has 1 rings (SSSR count). The Bertz CT molecular complexity index is 308. The summed E-state index contributed by atoms with van der Waals surface area (Å²) in [6, 6.07) is 9.40. The van der Waals surface area contributed by atoms with E-state index in [1.165, 1.54) is 11.8 Å². The third kappa shape index (κ3) is 3.58. The van der Waals surface area contributed by atoms with Gasteiger partial charge in [-0.25, -0.2) is 0 Å². The molecule has 1 aromatic rings. The lowest BCUT2D eigenvalue weighted by Crippen LogP contribution is -2.04. The van der Waals surface area contributed by atoms with E-state index in [9.17, 15) is 4.21 Å². The molecule has 13 heavy (non-hydrogen) atoms. The Labute approximate surface area is 90.4 Å². The predicted octanol–water partition coefficient (Wildman–Crippen LogP) is 2.48. The highest BCUT2D eigenvalue weighted by Crippen LogP contribution is 2.09. The molecule has 0 bridgehead atoms. The van der Waals surface area contributed by atoms with Gasteiger partial charge in [-0.15, -0.1) is 11.8 Å². The van der Waals surface area contributed by atoms with Gasteiger partial charge in [-0.05, 0) is 18.4 Å². The molecule has 0 amide bonds. The highest BCUT2D eigenvalue weighted by Gasteiger charge is 2.04. The zero-order valence-electron chi connectivity index (χ0n) is 7.23. The van der Waals surface area contributed by atoms with Gasteiger partial charge in [0.15, 0.2) is 0 Å². The second-order valence-corrected chi connectivity index (χ2v) is 5.48. The van der Waals surface area contributed by atoms with Crippen molar-refractivity contribution in [2.24, 2.45) is 0 Å². The molecule has 1 unspecified atom stereocenters. The fraction of sp³-hybridized carbons (Fsp3) is 0.222. The van der Waals surface area contributed by atoms with Crippen LogP contribution >= 0.6 is 24.0 Å². The summed E-state index contributed by atoms with van der Waals surface area (Å²) in [6.45, 7) is 0. The van der Waals surface area contributed by atoms with Gasteiger partial charge < -0.3 is 0 Å². The summed E-state index contributed by atoms with van der Waals surface area (Å²) < 4.78 is 12.4. The van der Waals surface area contributed by atoms with Crippen molar-refractivity contribution in [3.05, 3.63) is 30.3 Å². The summed E-state index contributed by atoms with van der Waals surface area (Å²) in [6.07, 6.45) is 1.91. The molecule has 0 spiro atoms. The van der Waals surface area contributed by atoms with Crippen molar-refractivity contribution in [2.45, 2.75) is 4.90 Å². The van der Waals surface area contributed by atoms with E-state index in [1.807, 2.05) is 36.6 Å². The first kappa shape index (κ1) is 10.9. The Morgan fingerprint density at radius 2 is 2.08 bits per heavy atom. The Balaban J connectivity index is 2.65. The molecular weight excluding hydrogens is 220 g/mol. The van der Waals surface area contributed by atoms with E-state index in [4.69, 9.17) is 12.2 Å². The van der Waals surface area contributed by atoms with E-state index in [0.29, 0.717) is 5.75 Å². The van der Waals surface area contributed by atoms with Crippen LogP contribution in [-0.2, 0) is 10.8 Å². The molecule has 1 aromatic carbocycles. The fourth-order valence-electron chi connectivity index (χ4n) is 0.822. The molecular formula is C9H10OS3. The first-order chi connectivity index (χ1) is 6.24. The molecule has 0 aliphatic heterocycles. The van der Waals surface area contributed by atoms with E-state index in [-0.39, 0.29) is 0 Å². The van der Waals surface area contributed by atoms with Gasteiger partial charge in [0, 0.05) is 4.90 Å². The maximum absolute atomic E-state index is 11.6. The largest absolute Gasteiger partial charge is 0.254 e. The number of hydrogen-bond acceptors (Lipinski definition) is 3. The number of rotatable bonds is 3. The Hall–Kier alpha value is -0.190. The van der Waals surface area contributed by atoms with Crippen molar-refractivity contribution < 1.29 is 4.21 Å². The van der Waals surface area contributed by atoms with Crippen molar-refractivity contribution >= 4 is 39.0 Å². The summed E-state index contributed by atoms with van der Waals surface area (Å²) in [5, 5.41) is 0. The quantitative estimate of drug-likeness (QED) is 0.743. The molecule has 0 saturated heterocycles. The number of thiocarbonyl (C=S) groups is 1. The van der Waals surface area contributed by atoms with Crippen molar-refractivity contribution in [3.63, 3.8) is 0 Å². The summed E-state index contributed by atoms with van der Waals surface area (Å²) in [7, 11) is -0.975. The van der Waals surface area contributed by atoms with Crippen LogP contribution in [0.1, 0.15) is 0 Å². The van der Waals surface area contributed by atoms with Gasteiger partial charge in [0.1, 0.15) is 0 Å². The van der Waals surface area contributed by atoms with Gasteiger partial charge in [0.05, 0.1) is 20.7 Å². The van der Waals surface area contributed by atoms with E-state index in [1.54, 1.807) is 0 Å². The lowest BCUT2D eigenvalue weighted by molar-refractivity contribution is 0.686. The average molecular weight is 230 g/mol. The van der Waals surface area contributed by atoms with Crippen LogP contribution in [0.5, 0.6) is 0 Å². The third-order valence-electron chi connectivity index (χ3n) is 1.48. The van der Waals surface area contributed by atoms with Crippen LogP contribution in [0.2, 0.25) is 0 Å². The summed E-state index contributed by atoms with van der Waals surface area (Å²) >= 11 is 6.49. The molecule has 1 atom stereocenters. The maximum atomic E-state index is 11.6. The lowest BCUT2D eigenvalue weighted by Gasteiger charge is -2.00. The van der Waals surface area contributed by atoms with Crippen LogP contribution in [0.15, 0.2) is 35.2 Å². The molecule has 0 radical (unpaired) electrons. The van der Waals surface area contributed by atoms with E-state index in [0.717, 1.165) is 9.09 Å². The molecule has 4 heteroatoms. The molecule has 0 heterocycles. The highest BCUT2D eigenvalue weighted by molar-refractivity contribution is 8.23. The van der Waals surface area contributed by atoms with Crippen LogP contribution in [0, 0.1) is 0 Å². The number of hydrogen-bond donors (Lipinski definition) is 0. The number of thioether (sulfide) groups is 1. The summed E-state index contributed by atoms with van der Waals surface area (Å²) in [4.78, 5) is 0.846. The summed E-state index contributed by atoms with van der Waals surface area (Å²) in [5.41, 5.74) is 0. The van der Waals surface area contributed by atoms with Gasteiger partial charge in [0.25, 0.3) is 0 Å². The fourth-order valence-corrected chi connectivity index (χ4v) is 2.78. The molecule has 0 N–H and O–H groups in total. The Morgan fingerprint density at radius 1 is 1.46 bits per heavy atom. The normalized spacial score (nSPS) is 12.4. The van der Waals surface area contributed by atoms with Crippen LogP contribution in [0.25, 0.3) is 0 Å². The van der Waals surface area contributed by atoms with Crippen molar-refractivity contribution in [1.82, 2.24) is 0 Å². The second-order valence-electron chi connectivity index (χ2n) is 2.38. The maximum Gasteiger partial charge on any atom is 0.0695 e. The Morgan fingerprint density at radius 3 is 2.62 bits per heavy atom. The van der Waals surface area contributed by atoms with Gasteiger partial charge in [-0.3, -0.25) is 4.21 Å². The lowest BCUT2D eigenvalue weighted by atomic mass is 10.4. The van der Waals surface area contributed by atoms with Gasteiger partial charge in [0.2, 0.25) is 0 Å². The van der Waals surface area contributed by atoms with Crippen LogP contribution in [-0.4, -0.2) is 20.4 Å². The smallest absolute Gasteiger partial charge is 0.0695 e. The van der Waals surface area contributed by atoms with Crippen LogP contribution in [0.3, 0.4) is 0 Å². The standard InChI is InChI=1S/C9H10OS3/c1-12-9(11)7-13(10)8-5-3-2-4-6-8/h2-6H,7H2,1H3. The topological polar surface area (TPSA) is 17.1 Å². The minimum atomic E-state index is -0.975. The van der Waals surface area contributed by atoms with Gasteiger partial charge in [-0.2, -0.15) is 0 Å².